The highest BCUT2D eigenvalue weighted by Gasteiger charge is 2.37. The summed E-state index contributed by atoms with van der Waals surface area (Å²) in [6.45, 7) is 1.62. The van der Waals surface area contributed by atoms with Gasteiger partial charge >= 0.3 is 5.97 Å². The largest absolute Gasteiger partial charge is 0.497 e. The van der Waals surface area contributed by atoms with E-state index in [-0.39, 0.29) is 24.3 Å². The first kappa shape index (κ1) is 29.3. The molecule has 43 heavy (non-hydrogen) atoms. The highest BCUT2D eigenvalue weighted by molar-refractivity contribution is 7.07. The molecule has 0 radical (unpaired) electrons. The predicted molar refractivity (Wildman–Crippen MR) is 162 cm³/mol. The molecule has 0 bridgehead atoms. The Kier molecular flexibility index (Phi) is 8.72. The van der Waals surface area contributed by atoms with Crippen molar-refractivity contribution in [2.45, 2.75) is 13.0 Å². The fourth-order valence-corrected chi connectivity index (χ4v) is 5.75. The third kappa shape index (κ3) is 6.07. The van der Waals surface area contributed by atoms with Gasteiger partial charge in [0.05, 0.1) is 36.6 Å². The van der Waals surface area contributed by atoms with E-state index in [0.29, 0.717) is 43.4 Å². The van der Waals surface area contributed by atoms with Crippen LogP contribution in [0.15, 0.2) is 88.2 Å². The summed E-state index contributed by atoms with van der Waals surface area (Å²) in [4.78, 5) is 44.1. The number of benzene rings is 3. The van der Waals surface area contributed by atoms with Gasteiger partial charge in [-0.25, -0.2) is 9.79 Å². The number of primary amides is 1. The van der Waals surface area contributed by atoms with Crippen LogP contribution in [0.25, 0.3) is 11.8 Å². The average Bonchev–Trinajstić information content (AvgIpc) is 3.34. The number of methoxy groups -OCH3 is 2. The number of rotatable bonds is 10. The number of carbonyl (C=O) groups excluding carboxylic acids is 2. The molecule has 11 heteroatoms. The topological polar surface area (TPSA) is 131 Å². The van der Waals surface area contributed by atoms with Gasteiger partial charge in [0.2, 0.25) is 0 Å². The van der Waals surface area contributed by atoms with Gasteiger partial charge in [0.15, 0.2) is 11.4 Å². The van der Waals surface area contributed by atoms with Crippen LogP contribution in [0, 0.1) is 0 Å². The van der Waals surface area contributed by atoms with Crippen molar-refractivity contribution in [2.75, 3.05) is 27.4 Å². The van der Waals surface area contributed by atoms with E-state index in [1.165, 1.54) is 23.0 Å². The van der Waals surface area contributed by atoms with Crippen molar-refractivity contribution in [2.24, 2.45) is 10.7 Å². The number of ether oxygens (including phenoxy) is 4. The smallest absolute Gasteiger partial charge is 0.338 e. The summed E-state index contributed by atoms with van der Waals surface area (Å²) in [5, 5.41) is 0. The van der Waals surface area contributed by atoms with Crippen molar-refractivity contribution in [3.63, 3.8) is 0 Å². The Hall–Kier alpha value is -5.16. The number of thiazole rings is 1. The molecule has 2 heterocycles. The molecule has 1 aliphatic heterocycles. The number of aromatic nitrogens is 1. The van der Waals surface area contributed by atoms with Gasteiger partial charge in [-0.3, -0.25) is 14.2 Å². The Balaban J connectivity index is 1.76. The Morgan fingerprint density at radius 2 is 1.72 bits per heavy atom. The van der Waals surface area contributed by atoms with Gasteiger partial charge < -0.3 is 24.7 Å². The molecule has 1 atom stereocenters. The van der Waals surface area contributed by atoms with E-state index in [1.54, 1.807) is 62.6 Å². The fraction of sp³-hybridized carbons (Fsp3) is 0.188. The molecule has 4 aromatic rings. The number of fused-ring (bicyclic) bond motifs is 1. The molecule has 2 N–H and O–H groups in total. The van der Waals surface area contributed by atoms with E-state index in [4.69, 9.17) is 29.7 Å². The van der Waals surface area contributed by atoms with Crippen molar-refractivity contribution in [1.29, 1.82) is 0 Å². The maximum absolute atomic E-state index is 14.1. The molecular weight excluding hydrogens is 570 g/mol. The first-order valence-corrected chi connectivity index (χ1v) is 14.2. The number of hydrogen-bond acceptors (Lipinski definition) is 9. The van der Waals surface area contributed by atoms with E-state index in [2.05, 4.69) is 0 Å². The van der Waals surface area contributed by atoms with Crippen molar-refractivity contribution in [3.8, 4) is 17.2 Å². The summed E-state index contributed by atoms with van der Waals surface area (Å²) >= 11 is 1.20. The van der Waals surface area contributed by atoms with Crippen LogP contribution in [0.1, 0.15) is 29.7 Å². The molecule has 0 spiro atoms. The lowest BCUT2D eigenvalue weighted by Gasteiger charge is -2.27. The van der Waals surface area contributed by atoms with Gasteiger partial charge in [-0.1, -0.05) is 53.8 Å². The van der Waals surface area contributed by atoms with Gasteiger partial charge in [-0.2, -0.15) is 0 Å². The highest BCUT2D eigenvalue weighted by Crippen LogP contribution is 2.40. The molecule has 0 saturated heterocycles. The maximum atomic E-state index is 14.1. The molecule has 0 saturated carbocycles. The second-order valence-corrected chi connectivity index (χ2v) is 10.4. The maximum Gasteiger partial charge on any atom is 0.338 e. The number of nitrogens with two attached hydrogens (primary N) is 1. The molecule has 1 unspecified atom stereocenters. The van der Waals surface area contributed by atoms with E-state index < -0.39 is 17.9 Å². The first-order chi connectivity index (χ1) is 20.8. The summed E-state index contributed by atoms with van der Waals surface area (Å²) in [7, 11) is 3.07. The molecule has 1 aromatic heterocycles. The lowest BCUT2D eigenvalue weighted by Crippen LogP contribution is -2.40. The van der Waals surface area contributed by atoms with Crippen molar-refractivity contribution in [1.82, 2.24) is 4.57 Å². The van der Waals surface area contributed by atoms with E-state index >= 15 is 0 Å². The average molecular weight is 600 g/mol. The van der Waals surface area contributed by atoms with E-state index in [1.807, 2.05) is 30.3 Å². The highest BCUT2D eigenvalue weighted by atomic mass is 32.1. The van der Waals surface area contributed by atoms with Crippen LogP contribution < -0.4 is 34.8 Å². The Labute approximate surface area is 250 Å². The Morgan fingerprint density at radius 1 is 1.00 bits per heavy atom. The normalized spacial score (nSPS) is 14.5. The van der Waals surface area contributed by atoms with Gasteiger partial charge in [-0.05, 0) is 48.9 Å². The van der Waals surface area contributed by atoms with Gasteiger partial charge in [-0.15, -0.1) is 0 Å². The molecule has 3 aromatic carbocycles. The van der Waals surface area contributed by atoms with Gasteiger partial charge in [0.25, 0.3) is 11.5 Å². The van der Waals surface area contributed by atoms with Crippen LogP contribution >= 0.6 is 11.3 Å². The van der Waals surface area contributed by atoms with Crippen LogP contribution in [-0.4, -0.2) is 43.9 Å². The molecule has 0 aliphatic carbocycles. The lowest BCUT2D eigenvalue weighted by atomic mass is 9.92. The fourth-order valence-electron chi connectivity index (χ4n) is 4.75. The molecule has 220 valence electrons. The van der Waals surface area contributed by atoms with Crippen LogP contribution in [0.3, 0.4) is 0 Å². The quantitative estimate of drug-likeness (QED) is 0.277. The standard InChI is InChI=1S/C32H29N3O7S/c1-4-41-31(38)27-28(20-8-6-5-7-9-20)34-32-35(29(27)23-17-22(39-2)14-15-24(23)40-3)30(37)25(43-32)16-19-10-12-21(13-11-19)42-18-26(33)36/h5-17,29H,4,18H2,1-3H3,(H2,33,36)/b25-16-. The summed E-state index contributed by atoms with van der Waals surface area (Å²) in [5.74, 6) is 0.278. The molecule has 5 rings (SSSR count). The minimum absolute atomic E-state index is 0.135. The summed E-state index contributed by atoms with van der Waals surface area (Å²) in [6.07, 6.45) is 1.73. The van der Waals surface area contributed by atoms with Crippen LogP contribution in [0.2, 0.25) is 0 Å². The molecule has 0 fully saturated rings. The van der Waals surface area contributed by atoms with E-state index in [9.17, 15) is 14.4 Å². The van der Waals surface area contributed by atoms with Crippen LogP contribution in [0.4, 0.5) is 0 Å². The van der Waals surface area contributed by atoms with Crippen molar-refractivity contribution in [3.05, 3.63) is 115 Å². The minimum atomic E-state index is -0.928. The van der Waals surface area contributed by atoms with Crippen LogP contribution in [0.5, 0.6) is 17.2 Å². The third-order valence-electron chi connectivity index (χ3n) is 6.66. The zero-order chi connectivity index (χ0) is 30.5. The number of carbonyl (C=O) groups is 2. The molecular formula is C32H29N3O7S. The van der Waals surface area contributed by atoms with Crippen LogP contribution in [-0.2, 0) is 14.3 Å². The minimum Gasteiger partial charge on any atom is -0.497 e. The monoisotopic (exact) mass is 599 g/mol. The SMILES string of the molecule is CCOC(=O)C1=C(c2ccccc2)N=c2s/c(=C\c3ccc(OCC(N)=O)cc3)c(=O)n2C1c1cc(OC)ccc1OC. The molecule has 1 aliphatic rings. The molecule has 10 nitrogen and oxygen atoms in total. The van der Waals surface area contributed by atoms with Gasteiger partial charge in [0, 0.05) is 11.1 Å². The van der Waals surface area contributed by atoms with Crippen molar-refractivity contribution >= 4 is 35.0 Å². The Morgan fingerprint density at radius 3 is 2.37 bits per heavy atom. The summed E-state index contributed by atoms with van der Waals surface area (Å²) in [6, 6.07) is 20.5. The predicted octanol–water partition coefficient (Wildman–Crippen LogP) is 2.82. The Bertz CT molecular complexity index is 1880. The second-order valence-electron chi connectivity index (χ2n) is 9.36. The van der Waals surface area contributed by atoms with E-state index in [0.717, 1.165) is 5.56 Å². The number of nitrogens with zero attached hydrogens (tertiary/aromatic N) is 2. The third-order valence-corrected chi connectivity index (χ3v) is 7.65. The summed E-state index contributed by atoms with van der Waals surface area (Å²) < 4.78 is 24.0. The zero-order valence-corrected chi connectivity index (χ0v) is 24.6. The van der Waals surface area contributed by atoms with Gasteiger partial charge in [0.1, 0.15) is 23.3 Å². The summed E-state index contributed by atoms with van der Waals surface area (Å²) in [5.41, 5.74) is 7.37. The number of amides is 1. The number of hydrogen-bond donors (Lipinski definition) is 1. The second kappa shape index (κ2) is 12.8. The first-order valence-electron chi connectivity index (χ1n) is 13.4. The zero-order valence-electron chi connectivity index (χ0n) is 23.7. The molecule has 1 amide bonds. The number of esters is 1. The lowest BCUT2D eigenvalue weighted by molar-refractivity contribution is -0.138. The van der Waals surface area contributed by atoms with Crippen molar-refractivity contribution < 1.29 is 28.5 Å².